The summed E-state index contributed by atoms with van der Waals surface area (Å²) < 4.78 is 42.5. The molecule has 1 fully saturated rings. The molecule has 0 unspecified atom stereocenters. The van der Waals surface area contributed by atoms with E-state index in [0.717, 1.165) is 35.7 Å². The van der Waals surface area contributed by atoms with Crippen LogP contribution in [0.3, 0.4) is 0 Å². The van der Waals surface area contributed by atoms with Crippen LogP contribution in [0.1, 0.15) is 43.4 Å². The first kappa shape index (κ1) is 20.9. The van der Waals surface area contributed by atoms with Crippen LogP contribution in [0.4, 0.5) is 10.1 Å². The number of aliphatic hydroxyl groups is 1. The summed E-state index contributed by atoms with van der Waals surface area (Å²) in [7, 11) is -4.03. The lowest BCUT2D eigenvalue weighted by molar-refractivity contribution is 0.210. The number of halogens is 1. The van der Waals surface area contributed by atoms with Gasteiger partial charge in [-0.25, -0.2) is 12.8 Å². The van der Waals surface area contributed by atoms with Gasteiger partial charge in [0, 0.05) is 30.1 Å². The van der Waals surface area contributed by atoms with Crippen LogP contribution < -0.4 is 5.32 Å². The average molecular weight is 429 g/mol. The van der Waals surface area contributed by atoms with Gasteiger partial charge in [-0.05, 0) is 48.7 Å². The van der Waals surface area contributed by atoms with E-state index in [1.54, 1.807) is 0 Å². The first-order valence-electron chi connectivity index (χ1n) is 10.2. The highest BCUT2D eigenvalue weighted by molar-refractivity contribution is 7.89. The molecule has 2 aromatic carbocycles. The van der Waals surface area contributed by atoms with E-state index in [9.17, 15) is 17.9 Å². The van der Waals surface area contributed by atoms with Crippen molar-refractivity contribution in [3.63, 3.8) is 0 Å². The second kappa shape index (κ2) is 8.38. The number of rotatable bonds is 4. The second-order valence-corrected chi connectivity index (χ2v) is 9.59. The minimum atomic E-state index is -4.03. The van der Waals surface area contributed by atoms with Crippen molar-refractivity contribution in [3.05, 3.63) is 59.4 Å². The van der Waals surface area contributed by atoms with Crippen molar-refractivity contribution in [2.75, 3.05) is 18.5 Å². The number of benzene rings is 2. The van der Waals surface area contributed by atoms with Crippen molar-refractivity contribution in [1.82, 2.24) is 4.31 Å². The van der Waals surface area contributed by atoms with Gasteiger partial charge < -0.3 is 10.4 Å². The molecule has 0 aromatic heterocycles. The monoisotopic (exact) mass is 428 g/mol. The molecule has 0 saturated carbocycles. The van der Waals surface area contributed by atoms with E-state index in [1.807, 2.05) is 18.2 Å². The second-order valence-electron chi connectivity index (χ2n) is 7.73. The minimum Gasteiger partial charge on any atom is -0.394 e. The van der Waals surface area contributed by atoms with Crippen molar-refractivity contribution < 1.29 is 17.9 Å². The Hall–Kier alpha value is -2.40. The number of fused-ring (bicyclic) bond motifs is 3. The van der Waals surface area contributed by atoms with Crippen LogP contribution in [0.15, 0.2) is 47.4 Å². The topological polar surface area (TPSA) is 69.6 Å². The highest BCUT2D eigenvalue weighted by Gasteiger charge is 2.49. The Morgan fingerprint density at radius 3 is 2.80 bits per heavy atom. The maximum absolute atomic E-state index is 14.4. The Morgan fingerprint density at radius 2 is 2.07 bits per heavy atom. The summed E-state index contributed by atoms with van der Waals surface area (Å²) in [6.45, 7) is 2.23. The van der Waals surface area contributed by atoms with Gasteiger partial charge >= 0.3 is 0 Å². The highest BCUT2D eigenvalue weighted by Crippen LogP contribution is 2.48. The van der Waals surface area contributed by atoms with Crippen LogP contribution in [0.25, 0.3) is 0 Å². The zero-order chi connectivity index (χ0) is 21.3. The van der Waals surface area contributed by atoms with Crippen molar-refractivity contribution in [2.45, 2.75) is 43.2 Å². The number of unbranched alkanes of at least 4 members (excludes halogenated alkanes) is 1. The fourth-order valence-electron chi connectivity index (χ4n) is 4.44. The zero-order valence-corrected chi connectivity index (χ0v) is 17.6. The largest absolute Gasteiger partial charge is 0.394 e. The number of aliphatic hydroxyl groups excluding tert-OH is 1. The summed E-state index contributed by atoms with van der Waals surface area (Å²) in [6, 6.07) is 10.4. The standard InChI is InChI=1S/C23H25FN2O3S/c1-2-3-4-7-16-10-11-20-18(14-16)23-17(21(15-27)25-20)12-13-26(23)30(28,29)22-9-6-5-8-19(22)24/h5-6,8-11,14,17,21,23,25,27H,2-3,12-13,15H2,1H3/t17-,21+,23-/m0/s1. The number of nitrogens with one attached hydrogen (secondary N) is 1. The average Bonchev–Trinajstić information content (AvgIpc) is 3.20. The summed E-state index contributed by atoms with van der Waals surface area (Å²) in [6.07, 6.45) is 2.35. The summed E-state index contributed by atoms with van der Waals surface area (Å²) in [5.41, 5.74) is 2.43. The predicted octanol–water partition coefficient (Wildman–Crippen LogP) is 3.52. The molecule has 3 atom stereocenters. The van der Waals surface area contributed by atoms with Crippen molar-refractivity contribution in [3.8, 4) is 11.8 Å². The van der Waals surface area contributed by atoms with E-state index in [0.29, 0.717) is 6.42 Å². The first-order chi connectivity index (χ1) is 14.5. The molecule has 0 bridgehead atoms. The Bertz CT molecular complexity index is 1110. The quantitative estimate of drug-likeness (QED) is 0.732. The normalized spacial score (nSPS) is 23.1. The molecule has 0 aliphatic carbocycles. The number of hydrogen-bond acceptors (Lipinski definition) is 4. The third kappa shape index (κ3) is 3.60. The molecule has 0 spiro atoms. The summed E-state index contributed by atoms with van der Waals surface area (Å²) in [5.74, 6) is 5.40. The van der Waals surface area contributed by atoms with E-state index in [4.69, 9.17) is 0 Å². The van der Waals surface area contributed by atoms with Crippen LogP contribution >= 0.6 is 0 Å². The molecule has 2 N–H and O–H groups in total. The van der Waals surface area contributed by atoms with Gasteiger partial charge in [0.05, 0.1) is 18.7 Å². The Kier molecular flexibility index (Phi) is 5.83. The lowest BCUT2D eigenvalue weighted by atomic mass is 9.83. The van der Waals surface area contributed by atoms with Gasteiger partial charge in [0.15, 0.2) is 0 Å². The van der Waals surface area contributed by atoms with Gasteiger partial charge in [0.25, 0.3) is 0 Å². The van der Waals surface area contributed by atoms with Gasteiger partial charge in [-0.2, -0.15) is 4.31 Å². The fraction of sp³-hybridized carbons (Fsp3) is 0.391. The molecule has 30 heavy (non-hydrogen) atoms. The molecule has 158 valence electrons. The van der Waals surface area contributed by atoms with Crippen molar-refractivity contribution in [1.29, 1.82) is 0 Å². The maximum atomic E-state index is 14.4. The Labute approximate surface area is 177 Å². The summed E-state index contributed by atoms with van der Waals surface area (Å²) in [5, 5.41) is 13.2. The minimum absolute atomic E-state index is 0.105. The van der Waals surface area contributed by atoms with Crippen molar-refractivity contribution in [2.24, 2.45) is 5.92 Å². The smallest absolute Gasteiger partial charge is 0.246 e. The van der Waals surface area contributed by atoms with Gasteiger partial charge in [-0.3, -0.25) is 0 Å². The van der Waals surface area contributed by atoms with Gasteiger partial charge in [0.2, 0.25) is 10.0 Å². The molecular formula is C23H25FN2O3S. The molecule has 2 aromatic rings. The molecule has 0 radical (unpaired) electrons. The molecule has 0 amide bonds. The molecule has 2 heterocycles. The number of nitrogens with zero attached hydrogens (tertiary/aromatic N) is 1. The molecule has 7 heteroatoms. The number of sulfonamides is 1. The Morgan fingerprint density at radius 1 is 1.27 bits per heavy atom. The maximum Gasteiger partial charge on any atom is 0.246 e. The zero-order valence-electron chi connectivity index (χ0n) is 16.8. The molecule has 2 aliphatic rings. The van der Waals surface area contributed by atoms with E-state index < -0.39 is 21.9 Å². The molecule has 1 saturated heterocycles. The lowest BCUT2D eigenvalue weighted by Gasteiger charge is -2.38. The van der Waals surface area contributed by atoms with Gasteiger partial charge in [-0.15, -0.1) is 0 Å². The first-order valence-corrected chi connectivity index (χ1v) is 11.7. The van der Waals surface area contributed by atoms with Crippen LogP contribution in [0, 0.1) is 23.6 Å². The van der Waals surface area contributed by atoms with Gasteiger partial charge in [0.1, 0.15) is 10.7 Å². The Balaban J connectivity index is 1.80. The van der Waals surface area contributed by atoms with Crippen LogP contribution in [0.2, 0.25) is 0 Å². The molecule has 5 nitrogen and oxygen atoms in total. The SMILES string of the molecule is CCCC#Cc1ccc2c(c1)[C@@H]1[C@@H](CCN1S(=O)(=O)c1ccccc1F)[C@@H](CO)N2. The number of hydrogen-bond donors (Lipinski definition) is 2. The van der Waals surface area contributed by atoms with E-state index in [2.05, 4.69) is 24.1 Å². The highest BCUT2D eigenvalue weighted by atomic mass is 32.2. The molecule has 4 rings (SSSR count). The summed E-state index contributed by atoms with van der Waals surface area (Å²) in [4.78, 5) is -0.315. The van der Waals surface area contributed by atoms with Crippen LogP contribution in [-0.2, 0) is 10.0 Å². The number of anilines is 1. The molecule has 2 aliphatic heterocycles. The van der Waals surface area contributed by atoms with Crippen molar-refractivity contribution >= 4 is 15.7 Å². The lowest BCUT2D eigenvalue weighted by Crippen LogP contribution is -2.43. The summed E-state index contributed by atoms with van der Waals surface area (Å²) >= 11 is 0. The van der Waals surface area contributed by atoms with Crippen LogP contribution in [0.5, 0.6) is 0 Å². The van der Waals surface area contributed by atoms with Gasteiger partial charge in [-0.1, -0.05) is 30.9 Å². The van der Waals surface area contributed by atoms with E-state index >= 15 is 0 Å². The third-order valence-corrected chi connectivity index (χ3v) is 7.77. The van der Waals surface area contributed by atoms with E-state index in [-0.39, 0.29) is 30.0 Å². The predicted molar refractivity (Wildman–Crippen MR) is 114 cm³/mol. The third-order valence-electron chi connectivity index (χ3n) is 5.85. The van der Waals surface area contributed by atoms with E-state index in [1.165, 1.54) is 22.5 Å². The fourth-order valence-corrected chi connectivity index (χ4v) is 6.17. The molecular weight excluding hydrogens is 403 g/mol. The van der Waals surface area contributed by atoms with Crippen LogP contribution in [-0.4, -0.2) is 37.0 Å².